The average Bonchev–Trinajstić information content (AvgIpc) is 2.19. The highest BCUT2D eigenvalue weighted by atomic mass is 19.1. The Labute approximate surface area is 80.3 Å². The number of benzene rings is 1. The van der Waals surface area contributed by atoms with Gasteiger partial charge in [-0.2, -0.15) is 0 Å². The SMILES string of the molecule is Cc1cc(OCC(=O)NO)ccc1F. The van der Waals surface area contributed by atoms with Crippen molar-refractivity contribution in [3.05, 3.63) is 29.6 Å². The van der Waals surface area contributed by atoms with Crippen LogP contribution in [-0.4, -0.2) is 17.7 Å². The lowest BCUT2D eigenvalue weighted by Crippen LogP contribution is -2.25. The molecule has 0 atom stereocenters. The lowest BCUT2D eigenvalue weighted by Gasteiger charge is -2.05. The molecule has 5 heteroatoms. The van der Waals surface area contributed by atoms with Crippen molar-refractivity contribution in [2.24, 2.45) is 0 Å². The van der Waals surface area contributed by atoms with Gasteiger partial charge in [0.1, 0.15) is 11.6 Å². The molecule has 0 aliphatic rings. The van der Waals surface area contributed by atoms with Crippen LogP contribution in [-0.2, 0) is 4.79 Å². The van der Waals surface area contributed by atoms with E-state index in [1.807, 2.05) is 0 Å². The number of nitrogens with one attached hydrogen (secondary N) is 1. The lowest BCUT2D eigenvalue weighted by atomic mass is 10.2. The van der Waals surface area contributed by atoms with Crippen molar-refractivity contribution >= 4 is 5.91 Å². The molecule has 14 heavy (non-hydrogen) atoms. The lowest BCUT2D eigenvalue weighted by molar-refractivity contribution is -0.131. The normalized spacial score (nSPS) is 9.64. The highest BCUT2D eigenvalue weighted by Gasteiger charge is 2.02. The van der Waals surface area contributed by atoms with Gasteiger partial charge < -0.3 is 4.74 Å². The van der Waals surface area contributed by atoms with Gasteiger partial charge >= 0.3 is 0 Å². The first-order chi connectivity index (χ1) is 6.63. The molecule has 1 aromatic rings. The molecule has 0 aliphatic heterocycles. The molecule has 0 spiro atoms. The van der Waals surface area contributed by atoms with Crippen LogP contribution in [0.5, 0.6) is 5.75 Å². The van der Waals surface area contributed by atoms with Gasteiger partial charge in [0.05, 0.1) is 0 Å². The van der Waals surface area contributed by atoms with E-state index in [2.05, 4.69) is 0 Å². The molecule has 0 bridgehead atoms. The van der Waals surface area contributed by atoms with Gasteiger partial charge in [0.2, 0.25) is 0 Å². The van der Waals surface area contributed by atoms with Crippen LogP contribution in [0.4, 0.5) is 4.39 Å². The maximum Gasteiger partial charge on any atom is 0.281 e. The third-order valence-electron chi connectivity index (χ3n) is 1.62. The molecule has 0 saturated heterocycles. The zero-order valence-electron chi connectivity index (χ0n) is 7.58. The van der Waals surface area contributed by atoms with Crippen LogP contribution in [0.3, 0.4) is 0 Å². The zero-order chi connectivity index (χ0) is 10.6. The van der Waals surface area contributed by atoms with Gasteiger partial charge in [-0.15, -0.1) is 0 Å². The van der Waals surface area contributed by atoms with E-state index in [9.17, 15) is 9.18 Å². The van der Waals surface area contributed by atoms with E-state index in [1.165, 1.54) is 23.7 Å². The van der Waals surface area contributed by atoms with Crippen LogP contribution in [0, 0.1) is 12.7 Å². The number of hydroxylamine groups is 1. The van der Waals surface area contributed by atoms with Crippen molar-refractivity contribution in [2.45, 2.75) is 6.92 Å². The monoisotopic (exact) mass is 199 g/mol. The van der Waals surface area contributed by atoms with Gasteiger partial charge in [-0.25, -0.2) is 9.87 Å². The molecule has 0 heterocycles. The Kier molecular flexibility index (Phi) is 3.41. The number of amides is 1. The van der Waals surface area contributed by atoms with Crippen molar-refractivity contribution < 1.29 is 19.1 Å². The Hall–Kier alpha value is -1.62. The Balaban J connectivity index is 2.60. The second kappa shape index (κ2) is 4.57. The van der Waals surface area contributed by atoms with E-state index >= 15 is 0 Å². The Morgan fingerprint density at radius 2 is 2.36 bits per heavy atom. The van der Waals surface area contributed by atoms with Crippen LogP contribution in [0.1, 0.15) is 5.56 Å². The fourth-order valence-electron chi connectivity index (χ4n) is 0.888. The van der Waals surface area contributed by atoms with E-state index in [0.717, 1.165) is 0 Å². The predicted molar refractivity (Wildman–Crippen MR) is 46.6 cm³/mol. The largest absolute Gasteiger partial charge is 0.484 e. The number of ether oxygens (including phenoxy) is 1. The third-order valence-corrected chi connectivity index (χ3v) is 1.62. The highest BCUT2D eigenvalue weighted by molar-refractivity contribution is 5.76. The van der Waals surface area contributed by atoms with Crippen LogP contribution in [0.2, 0.25) is 0 Å². The predicted octanol–water partition coefficient (Wildman–Crippen LogP) is 1.02. The summed E-state index contributed by atoms with van der Waals surface area (Å²) in [6.07, 6.45) is 0. The molecule has 1 rings (SSSR count). The summed E-state index contributed by atoms with van der Waals surface area (Å²) in [5.74, 6) is -0.608. The summed E-state index contributed by atoms with van der Waals surface area (Å²) in [6, 6.07) is 4.13. The van der Waals surface area contributed by atoms with Gasteiger partial charge in [0.15, 0.2) is 6.61 Å². The summed E-state index contributed by atoms with van der Waals surface area (Å²) < 4.78 is 17.7. The van der Waals surface area contributed by atoms with Crippen LogP contribution in [0.25, 0.3) is 0 Å². The second-order valence-corrected chi connectivity index (χ2v) is 2.73. The molecule has 0 aliphatic carbocycles. The van der Waals surface area contributed by atoms with E-state index in [0.29, 0.717) is 11.3 Å². The quantitative estimate of drug-likeness (QED) is 0.564. The van der Waals surface area contributed by atoms with E-state index in [-0.39, 0.29) is 12.4 Å². The Bertz CT molecular complexity index is 341. The molecule has 4 nitrogen and oxygen atoms in total. The van der Waals surface area contributed by atoms with E-state index in [1.54, 1.807) is 6.92 Å². The second-order valence-electron chi connectivity index (χ2n) is 2.73. The first-order valence-electron chi connectivity index (χ1n) is 3.95. The van der Waals surface area contributed by atoms with Gasteiger partial charge in [-0.05, 0) is 30.7 Å². The average molecular weight is 199 g/mol. The number of hydrogen-bond donors (Lipinski definition) is 2. The summed E-state index contributed by atoms with van der Waals surface area (Å²) in [4.78, 5) is 10.6. The van der Waals surface area contributed by atoms with Crippen molar-refractivity contribution in [3.63, 3.8) is 0 Å². The van der Waals surface area contributed by atoms with Gasteiger partial charge in [0, 0.05) is 0 Å². The summed E-state index contributed by atoms with van der Waals surface area (Å²) in [6.45, 7) is 1.29. The molecule has 0 unspecified atom stereocenters. The molecule has 0 aromatic heterocycles. The van der Waals surface area contributed by atoms with Gasteiger partial charge in [-0.3, -0.25) is 10.0 Å². The Morgan fingerprint density at radius 3 is 2.93 bits per heavy atom. The zero-order valence-corrected chi connectivity index (χ0v) is 7.58. The number of aryl methyl sites for hydroxylation is 1. The molecule has 0 saturated carbocycles. The number of rotatable bonds is 3. The first kappa shape index (κ1) is 10.5. The molecule has 76 valence electrons. The third kappa shape index (κ3) is 2.70. The highest BCUT2D eigenvalue weighted by Crippen LogP contribution is 2.15. The smallest absolute Gasteiger partial charge is 0.281 e. The van der Waals surface area contributed by atoms with Crippen molar-refractivity contribution in [1.29, 1.82) is 0 Å². The maximum atomic E-state index is 12.8. The van der Waals surface area contributed by atoms with Crippen molar-refractivity contribution in [3.8, 4) is 5.75 Å². The topological polar surface area (TPSA) is 58.6 Å². The summed E-state index contributed by atoms with van der Waals surface area (Å²) in [5, 5.41) is 8.17. The van der Waals surface area contributed by atoms with Crippen molar-refractivity contribution in [2.75, 3.05) is 6.61 Å². The fourth-order valence-corrected chi connectivity index (χ4v) is 0.888. The minimum Gasteiger partial charge on any atom is -0.484 e. The number of halogens is 1. The summed E-state index contributed by atoms with van der Waals surface area (Å²) >= 11 is 0. The summed E-state index contributed by atoms with van der Waals surface area (Å²) in [5.41, 5.74) is 1.86. The number of hydrogen-bond acceptors (Lipinski definition) is 3. The van der Waals surface area contributed by atoms with E-state index < -0.39 is 5.91 Å². The number of carbonyl (C=O) groups excluding carboxylic acids is 1. The molecule has 0 fully saturated rings. The first-order valence-corrected chi connectivity index (χ1v) is 3.95. The molecule has 1 aromatic carbocycles. The Morgan fingerprint density at radius 1 is 1.64 bits per heavy atom. The summed E-state index contributed by atoms with van der Waals surface area (Å²) in [7, 11) is 0. The van der Waals surface area contributed by atoms with Crippen LogP contribution < -0.4 is 10.2 Å². The van der Waals surface area contributed by atoms with Crippen molar-refractivity contribution in [1.82, 2.24) is 5.48 Å². The minimum absolute atomic E-state index is 0.304. The van der Waals surface area contributed by atoms with Crippen LogP contribution >= 0.6 is 0 Å². The molecular formula is C9H10FNO3. The van der Waals surface area contributed by atoms with Gasteiger partial charge in [-0.1, -0.05) is 0 Å². The van der Waals surface area contributed by atoms with Gasteiger partial charge in [0.25, 0.3) is 5.91 Å². The number of carbonyl (C=O) groups is 1. The fraction of sp³-hybridized carbons (Fsp3) is 0.222. The molecule has 1 amide bonds. The maximum absolute atomic E-state index is 12.8. The van der Waals surface area contributed by atoms with Crippen LogP contribution in [0.15, 0.2) is 18.2 Å². The van der Waals surface area contributed by atoms with E-state index in [4.69, 9.17) is 9.94 Å². The minimum atomic E-state index is -0.660. The molecule has 2 N–H and O–H groups in total. The molecule has 0 radical (unpaired) electrons. The molecular weight excluding hydrogens is 189 g/mol. The standard InChI is InChI=1S/C9H10FNO3/c1-6-4-7(2-3-8(6)10)14-5-9(12)11-13/h2-4,13H,5H2,1H3,(H,11,12).